The molecule has 108 valence electrons. The van der Waals surface area contributed by atoms with E-state index in [0.717, 1.165) is 24.1 Å². The van der Waals surface area contributed by atoms with Crippen LogP contribution in [0.4, 0.5) is 0 Å². The third-order valence-electron chi connectivity index (χ3n) is 3.77. The second-order valence-corrected chi connectivity index (χ2v) is 5.91. The van der Waals surface area contributed by atoms with Crippen molar-refractivity contribution in [2.45, 2.75) is 25.8 Å². The fourth-order valence-corrected chi connectivity index (χ4v) is 2.77. The molecule has 0 saturated heterocycles. The summed E-state index contributed by atoms with van der Waals surface area (Å²) in [5.74, 6) is 0.363. The van der Waals surface area contributed by atoms with E-state index in [1.54, 1.807) is 12.3 Å². The molecule has 1 amide bonds. The highest BCUT2D eigenvalue weighted by molar-refractivity contribution is 6.33. The molecular formula is C17H17ClN2O. The lowest BCUT2D eigenvalue weighted by Crippen LogP contribution is -2.30. The molecule has 1 aliphatic rings. The number of aromatic nitrogens is 1. The van der Waals surface area contributed by atoms with Crippen LogP contribution in [-0.4, -0.2) is 10.9 Å². The van der Waals surface area contributed by atoms with Gasteiger partial charge in [0.1, 0.15) is 0 Å². The van der Waals surface area contributed by atoms with Crippen molar-refractivity contribution in [3.63, 3.8) is 0 Å². The lowest BCUT2D eigenvalue weighted by molar-refractivity contribution is 0.0931. The van der Waals surface area contributed by atoms with Crippen LogP contribution in [0.1, 0.15) is 40.5 Å². The van der Waals surface area contributed by atoms with Crippen LogP contribution in [0.5, 0.6) is 0 Å². The van der Waals surface area contributed by atoms with Crippen molar-refractivity contribution in [3.05, 3.63) is 64.4 Å². The van der Waals surface area contributed by atoms with Crippen LogP contribution in [0.15, 0.2) is 42.6 Å². The van der Waals surface area contributed by atoms with Crippen molar-refractivity contribution in [1.82, 2.24) is 10.3 Å². The van der Waals surface area contributed by atoms with Crippen molar-refractivity contribution < 1.29 is 4.79 Å². The zero-order valence-corrected chi connectivity index (χ0v) is 12.6. The number of nitrogens with zero attached hydrogens (tertiary/aromatic N) is 1. The topological polar surface area (TPSA) is 42.0 Å². The van der Waals surface area contributed by atoms with Gasteiger partial charge in [-0.2, -0.15) is 0 Å². The summed E-state index contributed by atoms with van der Waals surface area (Å²) < 4.78 is 0. The first kappa shape index (κ1) is 14.1. The lowest BCUT2D eigenvalue weighted by atomic mass is 10.0. The van der Waals surface area contributed by atoms with Crippen LogP contribution in [0, 0.1) is 12.8 Å². The predicted molar refractivity (Wildman–Crippen MR) is 83.4 cm³/mol. The molecule has 0 aliphatic heterocycles. The van der Waals surface area contributed by atoms with E-state index in [1.165, 1.54) is 0 Å². The summed E-state index contributed by atoms with van der Waals surface area (Å²) in [4.78, 5) is 16.6. The summed E-state index contributed by atoms with van der Waals surface area (Å²) in [5.41, 5.74) is 2.38. The highest BCUT2D eigenvalue weighted by atomic mass is 35.5. The maximum Gasteiger partial charge on any atom is 0.254 e. The van der Waals surface area contributed by atoms with Gasteiger partial charge in [0.05, 0.1) is 16.6 Å². The van der Waals surface area contributed by atoms with Crippen molar-refractivity contribution in [1.29, 1.82) is 0 Å². The van der Waals surface area contributed by atoms with E-state index in [9.17, 15) is 4.79 Å². The molecule has 3 nitrogen and oxygen atoms in total. The molecular weight excluding hydrogens is 284 g/mol. The number of aryl methyl sites for hydroxylation is 1. The standard InChI is InChI=1S/C17H17ClN2O/c1-11-9-15(18)14(10-19-11)17(21)20-16(13-7-8-13)12-5-3-2-4-6-12/h2-6,9-10,13,16H,7-8H2,1H3,(H,20,21). The quantitative estimate of drug-likeness (QED) is 0.929. The highest BCUT2D eigenvalue weighted by Crippen LogP contribution is 2.41. The summed E-state index contributed by atoms with van der Waals surface area (Å²) >= 11 is 6.15. The Hall–Kier alpha value is -1.87. The summed E-state index contributed by atoms with van der Waals surface area (Å²) in [6.45, 7) is 1.85. The van der Waals surface area contributed by atoms with Gasteiger partial charge in [-0.25, -0.2) is 0 Å². The molecule has 1 aliphatic carbocycles. The van der Waals surface area contributed by atoms with E-state index in [-0.39, 0.29) is 11.9 Å². The molecule has 1 atom stereocenters. The zero-order chi connectivity index (χ0) is 14.8. The molecule has 21 heavy (non-hydrogen) atoms. The van der Waals surface area contributed by atoms with Crippen molar-refractivity contribution in [3.8, 4) is 0 Å². The molecule has 1 saturated carbocycles. The molecule has 2 aromatic rings. The molecule has 4 heteroatoms. The molecule has 0 radical (unpaired) electrons. The average Bonchev–Trinajstić information content (AvgIpc) is 3.30. The fourth-order valence-electron chi connectivity index (χ4n) is 2.48. The van der Waals surface area contributed by atoms with E-state index >= 15 is 0 Å². The van der Waals surface area contributed by atoms with Gasteiger partial charge in [-0.05, 0) is 37.3 Å². The van der Waals surface area contributed by atoms with Gasteiger partial charge >= 0.3 is 0 Å². The maximum absolute atomic E-state index is 12.5. The van der Waals surface area contributed by atoms with Crippen LogP contribution < -0.4 is 5.32 Å². The Labute approximate surface area is 129 Å². The molecule has 1 aromatic carbocycles. The molecule has 1 N–H and O–H groups in total. The Morgan fingerprint density at radius 3 is 2.67 bits per heavy atom. The normalized spacial score (nSPS) is 15.5. The van der Waals surface area contributed by atoms with E-state index in [4.69, 9.17) is 11.6 Å². The van der Waals surface area contributed by atoms with Crippen LogP contribution in [0.3, 0.4) is 0 Å². The third kappa shape index (κ3) is 3.24. The third-order valence-corrected chi connectivity index (χ3v) is 4.09. The molecule has 1 aromatic heterocycles. The van der Waals surface area contributed by atoms with E-state index in [1.807, 2.05) is 25.1 Å². The first-order valence-electron chi connectivity index (χ1n) is 7.13. The van der Waals surface area contributed by atoms with Gasteiger partial charge in [0.15, 0.2) is 0 Å². The van der Waals surface area contributed by atoms with Gasteiger partial charge in [-0.15, -0.1) is 0 Å². The summed E-state index contributed by atoms with van der Waals surface area (Å²) in [5, 5.41) is 3.56. The number of nitrogens with one attached hydrogen (secondary N) is 1. The second-order valence-electron chi connectivity index (χ2n) is 5.50. The first-order chi connectivity index (χ1) is 10.1. The smallest absolute Gasteiger partial charge is 0.254 e. The molecule has 1 fully saturated rings. The number of carbonyl (C=O) groups excluding carboxylic acids is 1. The molecule has 0 spiro atoms. The Morgan fingerprint density at radius 2 is 2.05 bits per heavy atom. The van der Waals surface area contributed by atoms with E-state index < -0.39 is 0 Å². The van der Waals surface area contributed by atoms with E-state index in [0.29, 0.717) is 16.5 Å². The van der Waals surface area contributed by atoms with Gasteiger partial charge < -0.3 is 5.32 Å². The average molecular weight is 301 g/mol. The minimum atomic E-state index is -0.159. The number of pyridine rings is 1. The van der Waals surface area contributed by atoms with Crippen molar-refractivity contribution in [2.24, 2.45) is 5.92 Å². The number of benzene rings is 1. The van der Waals surface area contributed by atoms with E-state index in [2.05, 4.69) is 22.4 Å². The van der Waals surface area contributed by atoms with Gasteiger partial charge in [-0.3, -0.25) is 9.78 Å². The number of halogens is 1. The van der Waals surface area contributed by atoms with Gasteiger partial charge in [0.25, 0.3) is 5.91 Å². The largest absolute Gasteiger partial charge is 0.345 e. The van der Waals surface area contributed by atoms with Crippen LogP contribution >= 0.6 is 11.6 Å². The molecule has 3 rings (SSSR count). The van der Waals surface area contributed by atoms with Crippen molar-refractivity contribution in [2.75, 3.05) is 0 Å². The molecule has 1 heterocycles. The second kappa shape index (κ2) is 5.86. The number of rotatable bonds is 4. The summed E-state index contributed by atoms with van der Waals surface area (Å²) in [6.07, 6.45) is 3.85. The van der Waals surface area contributed by atoms with Crippen LogP contribution in [-0.2, 0) is 0 Å². The summed E-state index contributed by atoms with van der Waals surface area (Å²) in [6, 6.07) is 11.8. The molecule has 1 unspecified atom stereocenters. The number of amides is 1. The zero-order valence-electron chi connectivity index (χ0n) is 11.8. The highest BCUT2D eigenvalue weighted by Gasteiger charge is 2.33. The SMILES string of the molecule is Cc1cc(Cl)c(C(=O)NC(c2ccccc2)C2CC2)cn1. The lowest BCUT2D eigenvalue weighted by Gasteiger charge is -2.19. The maximum atomic E-state index is 12.5. The number of hydrogen-bond donors (Lipinski definition) is 1. The van der Waals surface area contributed by atoms with Gasteiger partial charge in [-0.1, -0.05) is 41.9 Å². The fraction of sp³-hybridized carbons (Fsp3) is 0.294. The Balaban J connectivity index is 1.81. The first-order valence-corrected chi connectivity index (χ1v) is 7.51. The number of carbonyl (C=O) groups is 1. The Kier molecular flexibility index (Phi) is 3.93. The minimum Gasteiger partial charge on any atom is -0.345 e. The monoisotopic (exact) mass is 300 g/mol. The number of hydrogen-bond acceptors (Lipinski definition) is 2. The Bertz CT molecular complexity index is 653. The minimum absolute atomic E-state index is 0.0519. The van der Waals surface area contributed by atoms with Crippen molar-refractivity contribution >= 4 is 17.5 Å². The predicted octanol–water partition coefficient (Wildman–Crippen LogP) is 3.92. The summed E-state index contributed by atoms with van der Waals surface area (Å²) in [7, 11) is 0. The van der Waals surface area contributed by atoms with Crippen LogP contribution in [0.2, 0.25) is 5.02 Å². The van der Waals surface area contributed by atoms with Gasteiger partial charge in [0.2, 0.25) is 0 Å². The van der Waals surface area contributed by atoms with Crippen LogP contribution in [0.25, 0.3) is 0 Å². The van der Waals surface area contributed by atoms with Gasteiger partial charge in [0, 0.05) is 11.9 Å². The molecule has 0 bridgehead atoms. The Morgan fingerprint density at radius 1 is 1.33 bits per heavy atom.